The summed E-state index contributed by atoms with van der Waals surface area (Å²) in [5.74, 6) is 7.38. The first-order chi connectivity index (χ1) is 12.2. The monoisotopic (exact) mass is 342 g/mol. The van der Waals surface area contributed by atoms with Gasteiger partial charge in [0.2, 0.25) is 0 Å². The van der Waals surface area contributed by atoms with Crippen LogP contribution in [0.2, 0.25) is 5.02 Å². The zero-order valence-corrected chi connectivity index (χ0v) is 14.5. The van der Waals surface area contributed by atoms with Crippen molar-refractivity contribution in [1.82, 2.24) is 9.55 Å². The van der Waals surface area contributed by atoms with Gasteiger partial charge in [0.25, 0.3) is 0 Å². The SMILES string of the molecule is Cc1cccc(-n2c(C#Cc3ccc(Cl)cc3)cc3ccccc32)n1. The highest BCUT2D eigenvalue weighted by Crippen LogP contribution is 2.23. The molecule has 0 unspecified atom stereocenters. The molecule has 2 nitrogen and oxygen atoms in total. The van der Waals surface area contributed by atoms with Gasteiger partial charge in [-0.15, -0.1) is 0 Å². The van der Waals surface area contributed by atoms with Crippen LogP contribution in [0.3, 0.4) is 0 Å². The molecule has 0 aliphatic carbocycles. The second-order valence-corrected chi connectivity index (χ2v) is 6.25. The summed E-state index contributed by atoms with van der Waals surface area (Å²) in [7, 11) is 0. The summed E-state index contributed by atoms with van der Waals surface area (Å²) in [6.07, 6.45) is 0. The number of benzene rings is 2. The lowest BCUT2D eigenvalue weighted by Gasteiger charge is -2.07. The third-order valence-electron chi connectivity index (χ3n) is 3.99. The second-order valence-electron chi connectivity index (χ2n) is 5.82. The van der Waals surface area contributed by atoms with Gasteiger partial charge in [0.05, 0.1) is 11.2 Å². The van der Waals surface area contributed by atoms with E-state index in [4.69, 9.17) is 11.6 Å². The van der Waals surface area contributed by atoms with Crippen LogP contribution in [0.1, 0.15) is 17.0 Å². The number of fused-ring (bicyclic) bond motifs is 1. The zero-order chi connectivity index (χ0) is 17.2. The van der Waals surface area contributed by atoms with E-state index in [1.165, 1.54) is 0 Å². The predicted molar refractivity (Wildman–Crippen MR) is 103 cm³/mol. The van der Waals surface area contributed by atoms with Crippen molar-refractivity contribution in [3.05, 3.63) is 94.8 Å². The van der Waals surface area contributed by atoms with Gasteiger partial charge in [0.1, 0.15) is 5.82 Å². The molecule has 2 heterocycles. The third-order valence-corrected chi connectivity index (χ3v) is 4.24. The smallest absolute Gasteiger partial charge is 0.138 e. The maximum Gasteiger partial charge on any atom is 0.138 e. The second kappa shape index (κ2) is 6.47. The molecule has 120 valence electrons. The first-order valence-corrected chi connectivity index (χ1v) is 8.41. The molecule has 0 fully saturated rings. The summed E-state index contributed by atoms with van der Waals surface area (Å²) >= 11 is 5.94. The highest BCUT2D eigenvalue weighted by atomic mass is 35.5. The quantitative estimate of drug-likeness (QED) is 0.424. The molecule has 4 rings (SSSR count). The standard InChI is InChI=1S/C22H15ClN2/c1-16-5-4-8-22(24-16)25-20(15-18-6-2-3-7-21(18)25)14-11-17-9-12-19(23)13-10-17/h2-10,12-13,15H,1H3. The first kappa shape index (κ1) is 15.5. The van der Waals surface area contributed by atoms with Crippen LogP contribution >= 0.6 is 11.6 Å². The summed E-state index contributed by atoms with van der Waals surface area (Å²) in [5, 5.41) is 1.86. The van der Waals surface area contributed by atoms with E-state index in [0.717, 1.165) is 33.7 Å². The molecule has 0 radical (unpaired) electrons. The Morgan fingerprint density at radius 3 is 2.48 bits per heavy atom. The van der Waals surface area contributed by atoms with E-state index >= 15 is 0 Å². The van der Waals surface area contributed by atoms with Crippen LogP contribution in [0.5, 0.6) is 0 Å². The van der Waals surface area contributed by atoms with Crippen LogP contribution in [0.25, 0.3) is 16.7 Å². The van der Waals surface area contributed by atoms with Crippen molar-refractivity contribution in [3.8, 4) is 17.7 Å². The minimum Gasteiger partial charge on any atom is -0.287 e. The number of aryl methyl sites for hydroxylation is 1. The Morgan fingerprint density at radius 2 is 1.68 bits per heavy atom. The van der Waals surface area contributed by atoms with Gasteiger partial charge in [0, 0.05) is 21.7 Å². The Bertz CT molecular complexity index is 1110. The fraction of sp³-hybridized carbons (Fsp3) is 0.0455. The number of rotatable bonds is 1. The highest BCUT2D eigenvalue weighted by Gasteiger charge is 2.09. The van der Waals surface area contributed by atoms with E-state index in [0.29, 0.717) is 5.02 Å². The molecule has 3 heteroatoms. The van der Waals surface area contributed by atoms with Gasteiger partial charge < -0.3 is 0 Å². The lowest BCUT2D eigenvalue weighted by atomic mass is 10.2. The summed E-state index contributed by atoms with van der Waals surface area (Å²) in [6, 6.07) is 23.9. The Kier molecular flexibility index (Phi) is 4.01. The van der Waals surface area contributed by atoms with Crippen LogP contribution in [0, 0.1) is 18.8 Å². The molecule has 0 saturated heterocycles. The average Bonchev–Trinajstić information content (AvgIpc) is 2.99. The summed E-state index contributed by atoms with van der Waals surface area (Å²) in [4.78, 5) is 4.67. The molecule has 25 heavy (non-hydrogen) atoms. The molecular formula is C22H15ClN2. The predicted octanol–water partition coefficient (Wildman–Crippen LogP) is 5.39. The van der Waals surface area contributed by atoms with Crippen LogP contribution in [-0.4, -0.2) is 9.55 Å². The molecular weight excluding hydrogens is 328 g/mol. The van der Waals surface area contributed by atoms with Crippen LogP contribution < -0.4 is 0 Å². The fourth-order valence-corrected chi connectivity index (χ4v) is 2.94. The maximum absolute atomic E-state index is 5.94. The highest BCUT2D eigenvalue weighted by molar-refractivity contribution is 6.30. The van der Waals surface area contributed by atoms with Crippen molar-refractivity contribution in [2.75, 3.05) is 0 Å². The van der Waals surface area contributed by atoms with Crippen molar-refractivity contribution < 1.29 is 0 Å². The van der Waals surface area contributed by atoms with Crippen molar-refractivity contribution in [2.24, 2.45) is 0 Å². The Labute approximate surface area is 151 Å². The number of para-hydroxylation sites is 1. The minimum atomic E-state index is 0.712. The third kappa shape index (κ3) is 3.15. The van der Waals surface area contributed by atoms with E-state index in [-0.39, 0.29) is 0 Å². The van der Waals surface area contributed by atoms with Crippen molar-refractivity contribution >= 4 is 22.5 Å². The maximum atomic E-state index is 5.94. The van der Waals surface area contributed by atoms with Gasteiger partial charge >= 0.3 is 0 Å². The van der Waals surface area contributed by atoms with E-state index in [1.54, 1.807) is 0 Å². The molecule has 0 bridgehead atoms. The molecule has 0 spiro atoms. The van der Waals surface area contributed by atoms with Crippen molar-refractivity contribution in [3.63, 3.8) is 0 Å². The summed E-state index contributed by atoms with van der Waals surface area (Å²) in [6.45, 7) is 1.99. The van der Waals surface area contributed by atoms with Crippen molar-refractivity contribution in [1.29, 1.82) is 0 Å². The van der Waals surface area contributed by atoms with Gasteiger partial charge in [-0.2, -0.15) is 0 Å². The number of aromatic nitrogens is 2. The average molecular weight is 343 g/mol. The molecule has 2 aromatic heterocycles. The Morgan fingerprint density at radius 1 is 0.880 bits per heavy atom. The van der Waals surface area contributed by atoms with Crippen LogP contribution in [0.15, 0.2) is 72.8 Å². The number of pyridine rings is 1. The van der Waals surface area contributed by atoms with Gasteiger partial charge in [-0.25, -0.2) is 4.98 Å². The number of halogens is 1. The summed E-state index contributed by atoms with van der Waals surface area (Å²) in [5.41, 5.74) is 3.92. The lowest BCUT2D eigenvalue weighted by Crippen LogP contribution is -2.00. The Hall–Kier alpha value is -3.02. The molecule has 2 aromatic carbocycles. The van der Waals surface area contributed by atoms with Crippen LogP contribution in [0.4, 0.5) is 0 Å². The van der Waals surface area contributed by atoms with E-state index in [1.807, 2.05) is 61.5 Å². The molecule has 0 aliphatic heterocycles. The van der Waals surface area contributed by atoms with Crippen LogP contribution in [-0.2, 0) is 0 Å². The van der Waals surface area contributed by atoms with Gasteiger partial charge in [0.15, 0.2) is 0 Å². The largest absolute Gasteiger partial charge is 0.287 e. The number of nitrogens with zero attached hydrogens (tertiary/aromatic N) is 2. The number of hydrogen-bond donors (Lipinski definition) is 0. The molecule has 4 aromatic rings. The first-order valence-electron chi connectivity index (χ1n) is 8.03. The molecule has 0 N–H and O–H groups in total. The molecule has 0 aliphatic rings. The molecule has 0 amide bonds. The summed E-state index contributed by atoms with van der Waals surface area (Å²) < 4.78 is 2.10. The minimum absolute atomic E-state index is 0.712. The van der Waals surface area contributed by atoms with E-state index in [9.17, 15) is 0 Å². The van der Waals surface area contributed by atoms with Gasteiger partial charge in [-0.05, 0) is 61.4 Å². The fourth-order valence-electron chi connectivity index (χ4n) is 2.82. The topological polar surface area (TPSA) is 17.8 Å². The van der Waals surface area contributed by atoms with Gasteiger partial charge in [-0.3, -0.25) is 4.57 Å². The van der Waals surface area contributed by atoms with Gasteiger partial charge in [-0.1, -0.05) is 41.8 Å². The lowest BCUT2D eigenvalue weighted by molar-refractivity contribution is 1.00. The molecule has 0 atom stereocenters. The number of hydrogen-bond acceptors (Lipinski definition) is 1. The zero-order valence-electron chi connectivity index (χ0n) is 13.7. The van der Waals surface area contributed by atoms with Crippen molar-refractivity contribution in [2.45, 2.75) is 6.92 Å². The molecule has 0 saturated carbocycles. The normalized spacial score (nSPS) is 10.5. The Balaban J connectivity index is 1.89. The van der Waals surface area contributed by atoms with E-state index < -0.39 is 0 Å². The van der Waals surface area contributed by atoms with E-state index in [2.05, 4.69) is 39.6 Å².